The van der Waals surface area contributed by atoms with Gasteiger partial charge in [-0.1, -0.05) is 18.6 Å². The molecule has 1 saturated heterocycles. The van der Waals surface area contributed by atoms with Crippen molar-refractivity contribution >= 4 is 5.97 Å². The number of carbonyl (C=O) groups is 1. The molecule has 1 fully saturated rings. The molecule has 0 aliphatic carbocycles. The molecule has 1 aromatic carbocycles. The Kier molecular flexibility index (Phi) is 4.88. The van der Waals surface area contributed by atoms with E-state index in [4.69, 9.17) is 0 Å². The topological polar surface area (TPSA) is 29.5 Å². The maximum Gasteiger partial charge on any atom is 0.416 e. The van der Waals surface area contributed by atoms with Gasteiger partial charge in [-0.3, -0.25) is 9.69 Å². The first-order valence-corrected chi connectivity index (χ1v) is 6.90. The molecule has 1 aromatic rings. The molecule has 6 heteroatoms. The molecular formula is C15H18F3NO2. The van der Waals surface area contributed by atoms with Crippen molar-refractivity contribution in [1.29, 1.82) is 0 Å². The number of hydrogen-bond acceptors (Lipinski definition) is 3. The average molecular weight is 301 g/mol. The summed E-state index contributed by atoms with van der Waals surface area (Å²) in [6.07, 6.45) is -1.50. The number of piperidine rings is 1. The zero-order chi connectivity index (χ0) is 15.5. The molecule has 0 saturated carbocycles. The molecule has 0 bridgehead atoms. The summed E-state index contributed by atoms with van der Waals surface area (Å²) in [5.74, 6) is -0.325. The van der Waals surface area contributed by atoms with Crippen LogP contribution < -0.4 is 0 Å². The Bertz CT molecular complexity index is 485. The lowest BCUT2D eigenvalue weighted by Crippen LogP contribution is -2.37. The van der Waals surface area contributed by atoms with Crippen LogP contribution in [0, 0.1) is 0 Å². The van der Waals surface area contributed by atoms with Crippen LogP contribution in [0.3, 0.4) is 0 Å². The van der Waals surface area contributed by atoms with Gasteiger partial charge in [0.1, 0.15) is 0 Å². The zero-order valence-electron chi connectivity index (χ0n) is 11.8. The molecule has 0 spiro atoms. The van der Waals surface area contributed by atoms with Crippen LogP contribution in [0.25, 0.3) is 0 Å². The number of methoxy groups -OCH3 is 1. The second-order valence-corrected chi connectivity index (χ2v) is 5.18. The number of nitrogens with zero attached hydrogens (tertiary/aromatic N) is 1. The van der Waals surface area contributed by atoms with Gasteiger partial charge in [0.25, 0.3) is 0 Å². The molecule has 21 heavy (non-hydrogen) atoms. The summed E-state index contributed by atoms with van der Waals surface area (Å²) >= 11 is 0. The van der Waals surface area contributed by atoms with Gasteiger partial charge in [-0.2, -0.15) is 13.2 Å². The van der Waals surface area contributed by atoms with E-state index in [2.05, 4.69) is 4.74 Å². The smallest absolute Gasteiger partial charge is 0.416 e. The maximum atomic E-state index is 12.6. The molecule has 3 nitrogen and oxygen atoms in total. The predicted molar refractivity (Wildman–Crippen MR) is 71.6 cm³/mol. The molecule has 0 N–H and O–H groups in total. The third kappa shape index (κ3) is 3.97. The summed E-state index contributed by atoms with van der Waals surface area (Å²) in [5, 5.41) is 0. The van der Waals surface area contributed by atoms with Gasteiger partial charge < -0.3 is 4.74 Å². The number of esters is 1. The first kappa shape index (κ1) is 15.8. The van der Waals surface area contributed by atoms with E-state index in [0.29, 0.717) is 0 Å². The van der Waals surface area contributed by atoms with Gasteiger partial charge in [0, 0.05) is 6.04 Å². The number of hydrogen-bond donors (Lipinski definition) is 0. The number of alkyl halides is 3. The van der Waals surface area contributed by atoms with Crippen LogP contribution in [0.15, 0.2) is 24.3 Å². The van der Waals surface area contributed by atoms with Crippen molar-refractivity contribution in [2.75, 3.05) is 20.2 Å². The molecule has 1 heterocycles. The minimum Gasteiger partial charge on any atom is -0.468 e. The van der Waals surface area contributed by atoms with E-state index < -0.39 is 11.7 Å². The SMILES string of the molecule is COC(=O)CN1CCCCC1c1ccc(C(F)(F)F)cc1. The fourth-order valence-electron chi connectivity index (χ4n) is 2.68. The van der Waals surface area contributed by atoms with Crippen molar-refractivity contribution in [2.45, 2.75) is 31.5 Å². The van der Waals surface area contributed by atoms with Gasteiger partial charge in [0.2, 0.25) is 0 Å². The summed E-state index contributed by atoms with van der Waals surface area (Å²) in [5.41, 5.74) is 0.160. The molecule has 1 unspecified atom stereocenters. The van der Waals surface area contributed by atoms with Crippen LogP contribution in [0.2, 0.25) is 0 Å². The van der Waals surface area contributed by atoms with Gasteiger partial charge in [0.05, 0.1) is 19.2 Å². The highest BCUT2D eigenvalue weighted by molar-refractivity contribution is 5.71. The van der Waals surface area contributed by atoms with E-state index in [1.807, 2.05) is 4.90 Å². The Morgan fingerprint density at radius 2 is 1.95 bits per heavy atom. The molecule has 1 aliphatic heterocycles. The number of carbonyl (C=O) groups excluding carboxylic acids is 1. The minimum atomic E-state index is -4.32. The van der Waals surface area contributed by atoms with Crippen LogP contribution in [-0.2, 0) is 15.7 Å². The first-order chi connectivity index (χ1) is 9.91. The van der Waals surface area contributed by atoms with Crippen LogP contribution >= 0.6 is 0 Å². The van der Waals surface area contributed by atoms with Crippen LogP contribution in [-0.4, -0.2) is 31.1 Å². The van der Waals surface area contributed by atoms with Gasteiger partial charge in [-0.25, -0.2) is 0 Å². The van der Waals surface area contributed by atoms with Crippen LogP contribution in [0.1, 0.15) is 36.4 Å². The van der Waals surface area contributed by atoms with Crippen molar-refractivity contribution in [3.8, 4) is 0 Å². The van der Waals surface area contributed by atoms with Crippen molar-refractivity contribution < 1.29 is 22.7 Å². The monoisotopic (exact) mass is 301 g/mol. The first-order valence-electron chi connectivity index (χ1n) is 6.90. The Balaban J connectivity index is 2.15. The maximum absolute atomic E-state index is 12.6. The summed E-state index contributed by atoms with van der Waals surface area (Å²) in [6, 6.07) is 5.17. The third-order valence-corrected chi connectivity index (χ3v) is 3.80. The normalized spacial score (nSPS) is 20.3. The molecule has 0 radical (unpaired) electrons. The number of rotatable bonds is 3. The molecule has 1 aliphatic rings. The Morgan fingerprint density at radius 1 is 1.29 bits per heavy atom. The highest BCUT2D eigenvalue weighted by atomic mass is 19.4. The van der Waals surface area contributed by atoms with E-state index in [1.54, 1.807) is 0 Å². The fraction of sp³-hybridized carbons (Fsp3) is 0.533. The molecule has 0 aromatic heterocycles. The van der Waals surface area contributed by atoms with E-state index in [0.717, 1.165) is 43.5 Å². The Morgan fingerprint density at radius 3 is 2.52 bits per heavy atom. The lowest BCUT2D eigenvalue weighted by Gasteiger charge is -2.35. The predicted octanol–water partition coefficient (Wildman–Crippen LogP) is 3.41. The summed E-state index contributed by atoms with van der Waals surface area (Å²) in [7, 11) is 1.33. The highest BCUT2D eigenvalue weighted by Crippen LogP contribution is 2.34. The second-order valence-electron chi connectivity index (χ2n) is 5.18. The minimum absolute atomic E-state index is 0.0277. The van der Waals surface area contributed by atoms with Crippen molar-refractivity contribution in [3.05, 3.63) is 35.4 Å². The number of benzene rings is 1. The molecule has 0 amide bonds. The average Bonchev–Trinajstić information content (AvgIpc) is 2.47. The molecule has 2 rings (SSSR count). The molecular weight excluding hydrogens is 283 g/mol. The Labute approximate surface area is 121 Å². The van der Waals surface area contributed by atoms with Gasteiger partial charge in [0.15, 0.2) is 0 Å². The van der Waals surface area contributed by atoms with E-state index in [1.165, 1.54) is 19.2 Å². The quantitative estimate of drug-likeness (QED) is 0.801. The summed E-state index contributed by atoms with van der Waals surface area (Å²) < 4.78 is 42.4. The van der Waals surface area contributed by atoms with Crippen molar-refractivity contribution in [1.82, 2.24) is 4.90 Å². The fourth-order valence-corrected chi connectivity index (χ4v) is 2.68. The second kappa shape index (κ2) is 6.47. The Hall–Kier alpha value is -1.56. The number of likely N-dealkylation sites (tertiary alicyclic amines) is 1. The summed E-state index contributed by atoms with van der Waals surface area (Å²) in [6.45, 7) is 0.920. The van der Waals surface area contributed by atoms with Crippen LogP contribution in [0.5, 0.6) is 0 Å². The van der Waals surface area contributed by atoms with Crippen LogP contribution in [0.4, 0.5) is 13.2 Å². The van der Waals surface area contributed by atoms with Gasteiger partial charge >= 0.3 is 12.1 Å². The zero-order valence-corrected chi connectivity index (χ0v) is 11.8. The lowest BCUT2D eigenvalue weighted by molar-refractivity contribution is -0.143. The van der Waals surface area contributed by atoms with Crippen molar-refractivity contribution in [2.24, 2.45) is 0 Å². The number of halogens is 3. The highest BCUT2D eigenvalue weighted by Gasteiger charge is 2.31. The molecule has 1 atom stereocenters. The van der Waals surface area contributed by atoms with Gasteiger partial charge in [-0.05, 0) is 37.1 Å². The van der Waals surface area contributed by atoms with Gasteiger partial charge in [-0.15, -0.1) is 0 Å². The lowest BCUT2D eigenvalue weighted by atomic mass is 9.94. The molecule has 116 valence electrons. The van der Waals surface area contributed by atoms with E-state index >= 15 is 0 Å². The number of ether oxygens (including phenoxy) is 1. The largest absolute Gasteiger partial charge is 0.468 e. The summed E-state index contributed by atoms with van der Waals surface area (Å²) in [4.78, 5) is 13.4. The van der Waals surface area contributed by atoms with E-state index in [9.17, 15) is 18.0 Å². The van der Waals surface area contributed by atoms with Crippen molar-refractivity contribution in [3.63, 3.8) is 0 Å². The standard InChI is InChI=1S/C15H18F3NO2/c1-21-14(20)10-19-9-3-2-4-13(19)11-5-7-12(8-6-11)15(16,17)18/h5-8,13H,2-4,9-10H2,1H3. The van der Waals surface area contributed by atoms with E-state index in [-0.39, 0.29) is 18.6 Å². The third-order valence-electron chi connectivity index (χ3n) is 3.80.